The number of amides is 1. The summed E-state index contributed by atoms with van der Waals surface area (Å²) in [5.41, 5.74) is 0.615. The largest absolute Gasteiger partial charge is 0.437 e. The number of ether oxygens (including phenoxy) is 1. The first-order valence-corrected chi connectivity index (χ1v) is 9.70. The summed E-state index contributed by atoms with van der Waals surface area (Å²) < 4.78 is 5.88. The van der Waals surface area contributed by atoms with E-state index in [0.29, 0.717) is 33.3 Å². The Bertz CT molecular complexity index is 944. The smallest absolute Gasteiger partial charge is 0.252 e. The van der Waals surface area contributed by atoms with E-state index >= 15 is 0 Å². The van der Waals surface area contributed by atoms with Crippen molar-refractivity contribution in [1.29, 1.82) is 0 Å². The van der Waals surface area contributed by atoms with Crippen molar-refractivity contribution in [2.45, 2.75) is 28.8 Å². The molecule has 4 rings (SSSR count). The Morgan fingerprint density at radius 3 is 2.44 bits per heavy atom. The van der Waals surface area contributed by atoms with Crippen molar-refractivity contribution in [1.82, 2.24) is 15.3 Å². The maximum absolute atomic E-state index is 12.1. The third-order valence-electron chi connectivity index (χ3n) is 3.90. The number of carbonyl (C=O) groups excluding carboxylic acids is 1. The number of aromatic nitrogens is 2. The standard InChI is InChI=1S/C20H16ClN3O2S/c21-14-3-9-17(10-4-14)27-20-19(22-11-12-23-20)26-16-7-1-13(2-8-16)18(25)24-15-5-6-15/h1-4,7-12,15H,5-6H2,(H,24,25). The van der Waals surface area contributed by atoms with E-state index < -0.39 is 0 Å². The lowest BCUT2D eigenvalue weighted by atomic mass is 10.2. The predicted molar refractivity (Wildman–Crippen MR) is 105 cm³/mol. The molecule has 1 saturated carbocycles. The van der Waals surface area contributed by atoms with Gasteiger partial charge in [0.1, 0.15) is 5.75 Å². The van der Waals surface area contributed by atoms with Gasteiger partial charge in [0, 0.05) is 33.9 Å². The van der Waals surface area contributed by atoms with Crippen molar-refractivity contribution in [3.05, 3.63) is 71.5 Å². The molecule has 0 atom stereocenters. The Morgan fingerprint density at radius 2 is 1.74 bits per heavy atom. The van der Waals surface area contributed by atoms with E-state index in [0.717, 1.165) is 17.7 Å². The number of hydrogen-bond donors (Lipinski definition) is 1. The first-order chi connectivity index (χ1) is 13.2. The molecule has 1 amide bonds. The van der Waals surface area contributed by atoms with Crippen LogP contribution < -0.4 is 10.1 Å². The Kier molecular flexibility index (Phi) is 5.27. The van der Waals surface area contributed by atoms with Crippen LogP contribution in [0.2, 0.25) is 5.02 Å². The van der Waals surface area contributed by atoms with Crippen molar-refractivity contribution < 1.29 is 9.53 Å². The number of halogens is 1. The summed E-state index contributed by atoms with van der Waals surface area (Å²) in [4.78, 5) is 21.7. The van der Waals surface area contributed by atoms with E-state index in [1.54, 1.807) is 36.7 Å². The van der Waals surface area contributed by atoms with Gasteiger partial charge in [-0.1, -0.05) is 23.4 Å². The molecule has 2 aromatic carbocycles. The van der Waals surface area contributed by atoms with E-state index in [1.807, 2.05) is 24.3 Å². The molecule has 27 heavy (non-hydrogen) atoms. The van der Waals surface area contributed by atoms with Crippen LogP contribution in [-0.2, 0) is 0 Å². The summed E-state index contributed by atoms with van der Waals surface area (Å²) in [5.74, 6) is 0.951. The monoisotopic (exact) mass is 397 g/mol. The SMILES string of the molecule is O=C(NC1CC1)c1ccc(Oc2nccnc2Sc2ccc(Cl)cc2)cc1. The molecule has 0 radical (unpaired) electrons. The molecule has 1 aromatic heterocycles. The van der Waals surface area contributed by atoms with Crippen molar-refractivity contribution in [2.24, 2.45) is 0 Å². The molecule has 0 saturated heterocycles. The summed E-state index contributed by atoms with van der Waals surface area (Å²) in [6.45, 7) is 0. The van der Waals surface area contributed by atoms with Gasteiger partial charge >= 0.3 is 0 Å². The van der Waals surface area contributed by atoms with Crippen LogP contribution in [0.1, 0.15) is 23.2 Å². The molecule has 0 aliphatic heterocycles. The number of hydrogen-bond acceptors (Lipinski definition) is 5. The Morgan fingerprint density at radius 1 is 1.04 bits per heavy atom. The average molecular weight is 398 g/mol. The third kappa shape index (κ3) is 4.78. The van der Waals surface area contributed by atoms with Gasteiger partial charge in [-0.3, -0.25) is 4.79 Å². The zero-order chi connectivity index (χ0) is 18.6. The lowest BCUT2D eigenvalue weighted by Gasteiger charge is -2.09. The van der Waals surface area contributed by atoms with Crippen molar-refractivity contribution in [3.8, 4) is 11.6 Å². The normalized spacial score (nSPS) is 13.2. The number of carbonyl (C=O) groups is 1. The zero-order valence-electron chi connectivity index (χ0n) is 14.3. The van der Waals surface area contributed by atoms with Crippen LogP contribution in [0.5, 0.6) is 11.6 Å². The minimum atomic E-state index is -0.0532. The summed E-state index contributed by atoms with van der Waals surface area (Å²) in [7, 11) is 0. The highest BCUT2D eigenvalue weighted by Crippen LogP contribution is 2.34. The summed E-state index contributed by atoms with van der Waals surface area (Å²) in [6, 6.07) is 14.8. The van der Waals surface area contributed by atoms with Crippen LogP contribution in [0.3, 0.4) is 0 Å². The second kappa shape index (κ2) is 7.98. The summed E-state index contributed by atoms with van der Waals surface area (Å²) in [6.07, 6.45) is 5.33. The van der Waals surface area contributed by atoms with E-state index in [4.69, 9.17) is 16.3 Å². The Labute approximate surface area is 166 Å². The van der Waals surface area contributed by atoms with Gasteiger partial charge in [-0.2, -0.15) is 0 Å². The van der Waals surface area contributed by atoms with Gasteiger partial charge in [-0.15, -0.1) is 0 Å². The van der Waals surface area contributed by atoms with Gasteiger partial charge in [0.2, 0.25) is 0 Å². The van der Waals surface area contributed by atoms with E-state index in [-0.39, 0.29) is 5.91 Å². The molecule has 0 spiro atoms. The molecule has 1 aliphatic carbocycles. The summed E-state index contributed by atoms with van der Waals surface area (Å²) in [5, 5.41) is 4.29. The minimum Gasteiger partial charge on any atom is -0.437 e. The molecule has 1 fully saturated rings. The molecule has 0 unspecified atom stereocenters. The van der Waals surface area contributed by atoms with Crippen LogP contribution in [0.25, 0.3) is 0 Å². The molecule has 5 nitrogen and oxygen atoms in total. The van der Waals surface area contributed by atoms with Crippen molar-refractivity contribution in [2.75, 3.05) is 0 Å². The quantitative estimate of drug-likeness (QED) is 0.636. The van der Waals surface area contributed by atoms with Crippen molar-refractivity contribution >= 4 is 29.3 Å². The van der Waals surface area contributed by atoms with Gasteiger partial charge in [-0.05, 0) is 61.4 Å². The highest BCUT2D eigenvalue weighted by molar-refractivity contribution is 7.99. The first kappa shape index (κ1) is 17.8. The predicted octanol–water partition coefficient (Wildman–Crippen LogP) is 4.97. The van der Waals surface area contributed by atoms with Gasteiger partial charge in [0.25, 0.3) is 11.8 Å². The van der Waals surface area contributed by atoms with E-state index in [9.17, 15) is 4.79 Å². The molecule has 3 aromatic rings. The van der Waals surface area contributed by atoms with Crippen LogP contribution in [-0.4, -0.2) is 21.9 Å². The molecule has 136 valence electrons. The topological polar surface area (TPSA) is 64.1 Å². The highest BCUT2D eigenvalue weighted by Gasteiger charge is 2.23. The first-order valence-electron chi connectivity index (χ1n) is 8.50. The third-order valence-corrected chi connectivity index (χ3v) is 5.14. The van der Waals surface area contributed by atoms with Gasteiger partial charge in [0.05, 0.1) is 0 Å². The number of benzene rings is 2. The lowest BCUT2D eigenvalue weighted by Crippen LogP contribution is -2.25. The zero-order valence-corrected chi connectivity index (χ0v) is 15.8. The van der Waals surface area contributed by atoms with Gasteiger partial charge in [0.15, 0.2) is 5.03 Å². The Hall–Kier alpha value is -2.57. The molecule has 7 heteroatoms. The maximum Gasteiger partial charge on any atom is 0.252 e. The van der Waals surface area contributed by atoms with Crippen LogP contribution in [0.15, 0.2) is 70.8 Å². The fourth-order valence-corrected chi connectivity index (χ4v) is 3.27. The number of rotatable bonds is 6. The van der Waals surface area contributed by atoms with Crippen molar-refractivity contribution in [3.63, 3.8) is 0 Å². The second-order valence-electron chi connectivity index (χ2n) is 6.10. The fourth-order valence-electron chi connectivity index (χ4n) is 2.35. The number of nitrogens with one attached hydrogen (secondary N) is 1. The Balaban J connectivity index is 1.47. The van der Waals surface area contributed by atoms with E-state index in [2.05, 4.69) is 15.3 Å². The average Bonchev–Trinajstić information content (AvgIpc) is 3.50. The van der Waals surface area contributed by atoms with Crippen LogP contribution in [0, 0.1) is 0 Å². The van der Waals surface area contributed by atoms with Gasteiger partial charge < -0.3 is 10.1 Å². The molecule has 1 heterocycles. The van der Waals surface area contributed by atoms with Crippen LogP contribution >= 0.6 is 23.4 Å². The number of nitrogens with zero attached hydrogens (tertiary/aromatic N) is 2. The van der Waals surface area contributed by atoms with E-state index in [1.165, 1.54) is 11.8 Å². The highest BCUT2D eigenvalue weighted by atomic mass is 35.5. The maximum atomic E-state index is 12.1. The van der Waals surface area contributed by atoms with Crippen LogP contribution in [0.4, 0.5) is 0 Å². The fraction of sp³-hybridized carbons (Fsp3) is 0.150. The second-order valence-corrected chi connectivity index (χ2v) is 7.60. The van der Waals surface area contributed by atoms with Gasteiger partial charge in [-0.25, -0.2) is 9.97 Å². The molecular formula is C20H16ClN3O2S. The molecule has 0 bridgehead atoms. The molecule has 1 N–H and O–H groups in total. The minimum absolute atomic E-state index is 0.0532. The summed E-state index contributed by atoms with van der Waals surface area (Å²) >= 11 is 7.37. The lowest BCUT2D eigenvalue weighted by molar-refractivity contribution is 0.0951. The molecular weight excluding hydrogens is 382 g/mol. The molecule has 1 aliphatic rings.